The number of carbonyl (C=O) groups is 1. The number of amides is 1. The van der Waals surface area contributed by atoms with Crippen molar-refractivity contribution in [3.8, 4) is 11.5 Å². The summed E-state index contributed by atoms with van der Waals surface area (Å²) in [6.07, 6.45) is 0.456. The lowest BCUT2D eigenvalue weighted by molar-refractivity contribution is -0.116. The zero-order valence-corrected chi connectivity index (χ0v) is 12.9. The molecule has 0 fully saturated rings. The smallest absolute Gasteiger partial charge is 0.224 e. The molecule has 0 saturated carbocycles. The van der Waals surface area contributed by atoms with Crippen molar-refractivity contribution in [2.24, 2.45) is 5.92 Å². The summed E-state index contributed by atoms with van der Waals surface area (Å²) in [6, 6.07) is 14.6. The third-order valence-corrected chi connectivity index (χ3v) is 3.02. The summed E-state index contributed by atoms with van der Waals surface area (Å²) in [5.74, 6) is 1.52. The molecule has 3 nitrogen and oxygen atoms in total. The summed E-state index contributed by atoms with van der Waals surface area (Å²) in [5.41, 5.74) is 0.581. The summed E-state index contributed by atoms with van der Waals surface area (Å²) in [6.45, 7) is 4.00. The van der Waals surface area contributed by atoms with Crippen molar-refractivity contribution in [2.75, 3.05) is 5.32 Å². The predicted octanol–water partition coefficient (Wildman–Crippen LogP) is 5.12. The van der Waals surface area contributed by atoms with Crippen molar-refractivity contribution >= 4 is 23.2 Å². The Hall–Kier alpha value is -2.00. The molecule has 0 aromatic heterocycles. The molecule has 0 atom stereocenters. The van der Waals surface area contributed by atoms with Crippen LogP contribution in [0.1, 0.15) is 20.3 Å². The fourth-order valence-electron chi connectivity index (χ4n) is 1.88. The highest BCUT2D eigenvalue weighted by atomic mass is 35.5. The molecule has 0 aliphatic heterocycles. The van der Waals surface area contributed by atoms with Gasteiger partial charge >= 0.3 is 0 Å². The molecular formula is C17H18ClNO2. The van der Waals surface area contributed by atoms with E-state index in [0.29, 0.717) is 34.5 Å². The van der Waals surface area contributed by atoms with Gasteiger partial charge in [-0.15, -0.1) is 0 Å². The normalized spacial score (nSPS) is 10.5. The predicted molar refractivity (Wildman–Crippen MR) is 86.1 cm³/mol. The van der Waals surface area contributed by atoms with Gasteiger partial charge in [-0.1, -0.05) is 43.6 Å². The van der Waals surface area contributed by atoms with Crippen molar-refractivity contribution in [1.29, 1.82) is 0 Å². The Labute approximate surface area is 129 Å². The van der Waals surface area contributed by atoms with Crippen LogP contribution in [0, 0.1) is 5.92 Å². The van der Waals surface area contributed by atoms with Gasteiger partial charge in [-0.2, -0.15) is 0 Å². The van der Waals surface area contributed by atoms with Gasteiger partial charge in [0.15, 0.2) is 5.75 Å². The Morgan fingerprint density at radius 3 is 2.57 bits per heavy atom. The Morgan fingerprint density at radius 2 is 1.90 bits per heavy atom. The minimum atomic E-state index is -0.0508. The SMILES string of the molecule is CC(C)CC(=O)Nc1cc(Cl)ccc1Oc1ccccc1. The molecule has 0 saturated heterocycles. The number of ether oxygens (including phenoxy) is 1. The first-order valence-corrected chi connectivity index (χ1v) is 7.24. The number of hydrogen-bond acceptors (Lipinski definition) is 2. The van der Waals surface area contributed by atoms with Crippen LogP contribution in [0.4, 0.5) is 5.69 Å². The molecule has 2 aromatic rings. The Bertz CT molecular complexity index is 611. The van der Waals surface area contributed by atoms with Gasteiger partial charge < -0.3 is 10.1 Å². The van der Waals surface area contributed by atoms with Gasteiger partial charge in [0.2, 0.25) is 5.91 Å². The van der Waals surface area contributed by atoms with E-state index in [9.17, 15) is 4.79 Å². The Balaban J connectivity index is 2.19. The van der Waals surface area contributed by atoms with E-state index in [2.05, 4.69) is 5.32 Å². The van der Waals surface area contributed by atoms with E-state index >= 15 is 0 Å². The van der Waals surface area contributed by atoms with Crippen LogP contribution in [0.15, 0.2) is 48.5 Å². The van der Waals surface area contributed by atoms with Gasteiger partial charge in [0.05, 0.1) is 5.69 Å². The molecule has 0 heterocycles. The second-order valence-electron chi connectivity index (χ2n) is 5.20. The number of para-hydroxylation sites is 1. The van der Waals surface area contributed by atoms with E-state index in [1.807, 2.05) is 44.2 Å². The Morgan fingerprint density at radius 1 is 1.19 bits per heavy atom. The van der Waals surface area contributed by atoms with E-state index in [4.69, 9.17) is 16.3 Å². The Kier molecular flexibility index (Phi) is 5.23. The van der Waals surface area contributed by atoms with Crippen LogP contribution < -0.4 is 10.1 Å². The summed E-state index contributed by atoms with van der Waals surface area (Å²) >= 11 is 6.00. The van der Waals surface area contributed by atoms with E-state index < -0.39 is 0 Å². The lowest BCUT2D eigenvalue weighted by Crippen LogP contribution is -2.14. The van der Waals surface area contributed by atoms with Crippen molar-refractivity contribution in [3.63, 3.8) is 0 Å². The fourth-order valence-corrected chi connectivity index (χ4v) is 2.05. The van der Waals surface area contributed by atoms with E-state index in [1.54, 1.807) is 18.2 Å². The summed E-state index contributed by atoms with van der Waals surface area (Å²) in [5, 5.41) is 3.41. The molecule has 4 heteroatoms. The minimum absolute atomic E-state index is 0.0508. The molecule has 1 N–H and O–H groups in total. The van der Waals surface area contributed by atoms with Crippen LogP contribution in [0.5, 0.6) is 11.5 Å². The first kappa shape index (κ1) is 15.4. The van der Waals surface area contributed by atoms with Gasteiger partial charge in [-0.05, 0) is 36.2 Å². The lowest BCUT2D eigenvalue weighted by Gasteiger charge is -2.13. The maximum Gasteiger partial charge on any atom is 0.224 e. The fraction of sp³-hybridized carbons (Fsp3) is 0.235. The number of carbonyl (C=O) groups excluding carboxylic acids is 1. The zero-order valence-electron chi connectivity index (χ0n) is 12.1. The van der Waals surface area contributed by atoms with Crippen molar-refractivity contribution in [3.05, 3.63) is 53.6 Å². The molecule has 0 aliphatic rings. The highest BCUT2D eigenvalue weighted by Gasteiger charge is 2.11. The topological polar surface area (TPSA) is 38.3 Å². The third-order valence-electron chi connectivity index (χ3n) is 2.78. The molecule has 0 radical (unpaired) electrons. The first-order chi connectivity index (χ1) is 10.0. The average Bonchev–Trinajstić information content (AvgIpc) is 2.42. The number of anilines is 1. The van der Waals surface area contributed by atoms with Crippen LogP contribution in [-0.4, -0.2) is 5.91 Å². The summed E-state index contributed by atoms with van der Waals surface area (Å²) in [4.78, 5) is 11.9. The number of benzene rings is 2. The molecule has 0 unspecified atom stereocenters. The van der Waals surface area contributed by atoms with Gasteiger partial charge in [0.25, 0.3) is 0 Å². The first-order valence-electron chi connectivity index (χ1n) is 6.87. The third kappa shape index (κ3) is 4.80. The van der Waals surface area contributed by atoms with Crippen LogP contribution in [-0.2, 0) is 4.79 Å². The molecule has 0 aliphatic carbocycles. The molecule has 21 heavy (non-hydrogen) atoms. The molecule has 2 aromatic carbocycles. The van der Waals surface area contributed by atoms with Crippen LogP contribution in [0.25, 0.3) is 0 Å². The van der Waals surface area contributed by atoms with Gasteiger partial charge in [0, 0.05) is 11.4 Å². The quantitative estimate of drug-likeness (QED) is 0.833. The highest BCUT2D eigenvalue weighted by Crippen LogP contribution is 2.32. The molecule has 0 spiro atoms. The molecule has 110 valence electrons. The minimum Gasteiger partial charge on any atom is -0.455 e. The van der Waals surface area contributed by atoms with Crippen molar-refractivity contribution in [2.45, 2.75) is 20.3 Å². The summed E-state index contributed by atoms with van der Waals surface area (Å²) in [7, 11) is 0. The number of halogens is 1. The highest BCUT2D eigenvalue weighted by molar-refractivity contribution is 6.31. The molecule has 2 rings (SSSR count). The zero-order chi connectivity index (χ0) is 15.2. The van der Waals surface area contributed by atoms with Gasteiger partial charge in [-0.25, -0.2) is 0 Å². The van der Waals surface area contributed by atoms with Crippen LogP contribution in [0.2, 0.25) is 5.02 Å². The van der Waals surface area contributed by atoms with E-state index in [1.165, 1.54) is 0 Å². The second-order valence-corrected chi connectivity index (χ2v) is 5.64. The van der Waals surface area contributed by atoms with Gasteiger partial charge in [-0.3, -0.25) is 4.79 Å². The van der Waals surface area contributed by atoms with Gasteiger partial charge in [0.1, 0.15) is 5.75 Å². The van der Waals surface area contributed by atoms with E-state index in [0.717, 1.165) is 0 Å². The van der Waals surface area contributed by atoms with Crippen molar-refractivity contribution < 1.29 is 9.53 Å². The average molecular weight is 304 g/mol. The summed E-state index contributed by atoms with van der Waals surface area (Å²) < 4.78 is 5.80. The molecule has 1 amide bonds. The van der Waals surface area contributed by atoms with Crippen LogP contribution >= 0.6 is 11.6 Å². The largest absolute Gasteiger partial charge is 0.455 e. The molecule has 0 bridgehead atoms. The second kappa shape index (κ2) is 7.14. The number of rotatable bonds is 5. The number of hydrogen-bond donors (Lipinski definition) is 1. The van der Waals surface area contributed by atoms with E-state index in [-0.39, 0.29) is 5.91 Å². The monoisotopic (exact) mass is 303 g/mol. The van der Waals surface area contributed by atoms with Crippen LogP contribution in [0.3, 0.4) is 0 Å². The maximum atomic E-state index is 11.9. The standard InChI is InChI=1S/C17H18ClNO2/c1-12(2)10-17(20)19-15-11-13(18)8-9-16(15)21-14-6-4-3-5-7-14/h3-9,11-12H,10H2,1-2H3,(H,19,20). The van der Waals surface area contributed by atoms with Crippen molar-refractivity contribution in [1.82, 2.24) is 0 Å². The maximum absolute atomic E-state index is 11.9. The number of nitrogens with one attached hydrogen (secondary N) is 1. The molecular weight excluding hydrogens is 286 g/mol. The lowest BCUT2D eigenvalue weighted by atomic mass is 10.1.